The molecule has 0 saturated carbocycles. The predicted octanol–water partition coefficient (Wildman–Crippen LogP) is 0.528. The summed E-state index contributed by atoms with van der Waals surface area (Å²) in [5.41, 5.74) is 0.846. The SMILES string of the molecule is Cc1ccccc1C(=O)NS(=O)(=O)O. The Balaban J connectivity index is 2.97. The van der Waals surface area contributed by atoms with Crippen LogP contribution in [0.4, 0.5) is 0 Å². The first-order chi connectivity index (χ1) is 6.40. The third-order valence-corrected chi connectivity index (χ3v) is 2.05. The van der Waals surface area contributed by atoms with Gasteiger partial charge in [0.2, 0.25) is 0 Å². The van der Waals surface area contributed by atoms with E-state index in [-0.39, 0.29) is 5.56 Å². The maximum Gasteiger partial charge on any atom is 0.359 e. The monoisotopic (exact) mass is 215 g/mol. The topological polar surface area (TPSA) is 83.5 Å². The number of amides is 1. The number of aryl methyl sites for hydroxylation is 1. The van der Waals surface area contributed by atoms with E-state index in [0.717, 1.165) is 0 Å². The first kappa shape index (κ1) is 10.7. The van der Waals surface area contributed by atoms with Crippen LogP contribution in [0.1, 0.15) is 15.9 Å². The van der Waals surface area contributed by atoms with Crippen molar-refractivity contribution in [3.63, 3.8) is 0 Å². The van der Waals surface area contributed by atoms with Gasteiger partial charge in [-0.1, -0.05) is 18.2 Å². The van der Waals surface area contributed by atoms with Gasteiger partial charge in [-0.3, -0.25) is 9.35 Å². The summed E-state index contributed by atoms with van der Waals surface area (Å²) < 4.78 is 30.5. The number of hydrogen-bond donors (Lipinski definition) is 2. The van der Waals surface area contributed by atoms with Gasteiger partial charge in [0.25, 0.3) is 5.91 Å². The highest BCUT2D eigenvalue weighted by Gasteiger charge is 2.13. The molecule has 0 heterocycles. The second-order valence-electron chi connectivity index (χ2n) is 2.72. The van der Waals surface area contributed by atoms with Crippen LogP contribution in [0.2, 0.25) is 0 Å². The van der Waals surface area contributed by atoms with Gasteiger partial charge in [0.15, 0.2) is 0 Å². The van der Waals surface area contributed by atoms with Crippen molar-refractivity contribution in [2.45, 2.75) is 6.92 Å². The van der Waals surface area contributed by atoms with Crippen molar-refractivity contribution in [1.29, 1.82) is 0 Å². The van der Waals surface area contributed by atoms with Crippen LogP contribution in [0.25, 0.3) is 0 Å². The zero-order valence-corrected chi connectivity index (χ0v) is 8.21. The molecule has 0 aliphatic rings. The summed E-state index contributed by atoms with van der Waals surface area (Å²) in [6.45, 7) is 1.67. The van der Waals surface area contributed by atoms with Crippen LogP contribution in [0.15, 0.2) is 24.3 Å². The molecule has 1 aromatic carbocycles. The zero-order valence-electron chi connectivity index (χ0n) is 7.39. The molecular weight excluding hydrogens is 206 g/mol. The van der Waals surface area contributed by atoms with Crippen LogP contribution < -0.4 is 4.72 Å². The third-order valence-electron chi connectivity index (χ3n) is 1.61. The zero-order chi connectivity index (χ0) is 10.8. The van der Waals surface area contributed by atoms with Crippen molar-refractivity contribution in [2.75, 3.05) is 0 Å². The van der Waals surface area contributed by atoms with Gasteiger partial charge in [0, 0.05) is 5.56 Å². The Morgan fingerprint density at radius 1 is 1.36 bits per heavy atom. The van der Waals surface area contributed by atoms with Gasteiger partial charge in [0.1, 0.15) is 0 Å². The first-order valence-electron chi connectivity index (χ1n) is 3.75. The number of rotatable bonds is 2. The minimum absolute atomic E-state index is 0.213. The van der Waals surface area contributed by atoms with Crippen LogP contribution in [0.5, 0.6) is 0 Å². The first-order valence-corrected chi connectivity index (χ1v) is 5.19. The summed E-state index contributed by atoms with van der Waals surface area (Å²) in [5, 5.41) is 0. The molecule has 0 aliphatic heterocycles. The van der Waals surface area contributed by atoms with E-state index < -0.39 is 16.2 Å². The lowest BCUT2D eigenvalue weighted by atomic mass is 10.1. The Morgan fingerprint density at radius 3 is 2.43 bits per heavy atom. The maximum absolute atomic E-state index is 11.2. The summed E-state index contributed by atoms with van der Waals surface area (Å²) in [5.74, 6) is -0.842. The Morgan fingerprint density at radius 2 is 1.93 bits per heavy atom. The molecule has 0 unspecified atom stereocenters. The Kier molecular flexibility index (Phi) is 2.87. The van der Waals surface area contributed by atoms with E-state index in [2.05, 4.69) is 0 Å². The van der Waals surface area contributed by atoms with Crippen LogP contribution in [-0.2, 0) is 10.3 Å². The van der Waals surface area contributed by atoms with E-state index in [9.17, 15) is 13.2 Å². The number of hydrogen-bond acceptors (Lipinski definition) is 3. The van der Waals surface area contributed by atoms with Gasteiger partial charge in [-0.2, -0.15) is 8.42 Å². The molecule has 0 fully saturated rings. The molecule has 2 N–H and O–H groups in total. The summed E-state index contributed by atoms with van der Waals surface area (Å²) in [6, 6.07) is 6.46. The number of carbonyl (C=O) groups is 1. The highest BCUT2D eigenvalue weighted by atomic mass is 32.2. The highest BCUT2D eigenvalue weighted by molar-refractivity contribution is 7.84. The van der Waals surface area contributed by atoms with Crippen molar-refractivity contribution in [1.82, 2.24) is 4.72 Å². The molecule has 1 amide bonds. The van der Waals surface area contributed by atoms with Crippen LogP contribution in [0, 0.1) is 6.92 Å². The lowest BCUT2D eigenvalue weighted by molar-refractivity contribution is 0.0978. The normalized spacial score (nSPS) is 11.0. The van der Waals surface area contributed by atoms with Crippen molar-refractivity contribution in [3.05, 3.63) is 35.4 Å². The minimum atomic E-state index is -4.49. The molecular formula is C8H9NO4S. The number of nitrogens with one attached hydrogen (secondary N) is 1. The Hall–Kier alpha value is -1.40. The van der Waals surface area contributed by atoms with Crippen LogP contribution in [-0.4, -0.2) is 18.9 Å². The molecule has 0 aromatic heterocycles. The lowest BCUT2D eigenvalue weighted by Crippen LogP contribution is -2.30. The minimum Gasteiger partial charge on any atom is -0.269 e. The van der Waals surface area contributed by atoms with Gasteiger partial charge in [-0.05, 0) is 18.6 Å². The molecule has 0 bridgehead atoms. The van der Waals surface area contributed by atoms with E-state index in [1.807, 2.05) is 0 Å². The van der Waals surface area contributed by atoms with Gasteiger partial charge >= 0.3 is 10.3 Å². The fourth-order valence-corrected chi connectivity index (χ4v) is 1.34. The quantitative estimate of drug-likeness (QED) is 0.705. The fraction of sp³-hybridized carbons (Fsp3) is 0.125. The Bertz CT molecular complexity index is 452. The van der Waals surface area contributed by atoms with Crippen LogP contribution in [0.3, 0.4) is 0 Å². The van der Waals surface area contributed by atoms with Gasteiger partial charge in [0.05, 0.1) is 0 Å². The average molecular weight is 215 g/mol. The second kappa shape index (κ2) is 3.77. The molecule has 14 heavy (non-hydrogen) atoms. The number of benzene rings is 1. The van der Waals surface area contributed by atoms with E-state index in [1.54, 1.807) is 25.1 Å². The molecule has 0 aliphatic carbocycles. The molecule has 0 saturated heterocycles. The standard InChI is InChI=1S/C8H9NO4S/c1-6-4-2-3-5-7(6)8(10)9-14(11,12)13/h2-5H,1H3,(H,9,10)(H,11,12,13). The summed E-state index contributed by atoms with van der Waals surface area (Å²) >= 11 is 0. The summed E-state index contributed by atoms with van der Waals surface area (Å²) in [4.78, 5) is 11.2. The van der Waals surface area contributed by atoms with E-state index in [0.29, 0.717) is 5.56 Å². The van der Waals surface area contributed by atoms with Crippen molar-refractivity contribution < 1.29 is 17.8 Å². The largest absolute Gasteiger partial charge is 0.359 e. The molecule has 0 spiro atoms. The summed E-state index contributed by atoms with van der Waals surface area (Å²) in [7, 11) is -4.49. The molecule has 1 rings (SSSR count). The Labute approximate surface area is 81.6 Å². The molecule has 1 aromatic rings. The van der Waals surface area contributed by atoms with Crippen LogP contribution >= 0.6 is 0 Å². The van der Waals surface area contributed by atoms with Crippen molar-refractivity contribution in [3.8, 4) is 0 Å². The predicted molar refractivity (Wildman–Crippen MR) is 50.2 cm³/mol. The lowest BCUT2D eigenvalue weighted by Gasteiger charge is -2.03. The van der Waals surface area contributed by atoms with E-state index in [4.69, 9.17) is 4.55 Å². The third kappa shape index (κ3) is 2.82. The average Bonchev–Trinajstić information content (AvgIpc) is 2.01. The molecule has 0 atom stereocenters. The molecule has 5 nitrogen and oxygen atoms in total. The van der Waals surface area contributed by atoms with Gasteiger partial charge in [-0.15, -0.1) is 0 Å². The second-order valence-corrected chi connectivity index (χ2v) is 3.88. The maximum atomic E-state index is 11.2. The smallest absolute Gasteiger partial charge is 0.269 e. The fourth-order valence-electron chi connectivity index (χ4n) is 1.000. The van der Waals surface area contributed by atoms with E-state index >= 15 is 0 Å². The summed E-state index contributed by atoms with van der Waals surface area (Å²) in [6.07, 6.45) is 0. The molecule has 6 heteroatoms. The van der Waals surface area contributed by atoms with Gasteiger partial charge in [-0.25, -0.2) is 4.72 Å². The molecule has 76 valence electrons. The van der Waals surface area contributed by atoms with Gasteiger partial charge < -0.3 is 0 Å². The number of carbonyl (C=O) groups excluding carboxylic acids is 1. The van der Waals surface area contributed by atoms with E-state index in [1.165, 1.54) is 10.8 Å². The van der Waals surface area contributed by atoms with Crippen molar-refractivity contribution >= 4 is 16.2 Å². The molecule has 0 radical (unpaired) electrons. The highest BCUT2D eigenvalue weighted by Crippen LogP contribution is 2.06. The van der Waals surface area contributed by atoms with Crippen molar-refractivity contribution in [2.24, 2.45) is 0 Å².